The number of benzene rings is 2. The van der Waals surface area contributed by atoms with Crippen LogP contribution >= 0.6 is 0 Å². The van der Waals surface area contributed by atoms with Crippen LogP contribution in [0, 0.1) is 0 Å². The van der Waals surface area contributed by atoms with Gasteiger partial charge in [-0.3, -0.25) is 9.69 Å². The fraction of sp³-hybridized carbons (Fsp3) is 0.409. The molecule has 0 atom stereocenters. The van der Waals surface area contributed by atoms with Crippen molar-refractivity contribution in [2.75, 3.05) is 11.9 Å². The standard InChI is InChI=1S/C22H30N2O/c1-17(2)24(15-18-9-7-6-8-10-18)16-21(25)23-20-13-11-19(12-14-20)22(3,4)5/h6-14,17H,15-16H2,1-5H3,(H,23,25). The maximum atomic E-state index is 12.4. The van der Waals surface area contributed by atoms with Gasteiger partial charge in [0, 0.05) is 18.3 Å². The van der Waals surface area contributed by atoms with Gasteiger partial charge in [0.25, 0.3) is 0 Å². The highest BCUT2D eigenvalue weighted by Gasteiger charge is 2.16. The molecule has 0 unspecified atom stereocenters. The lowest BCUT2D eigenvalue weighted by atomic mass is 9.87. The molecule has 0 heterocycles. The number of hydrogen-bond donors (Lipinski definition) is 1. The normalized spacial score (nSPS) is 11.8. The second kappa shape index (κ2) is 8.30. The Balaban J connectivity index is 1.97. The summed E-state index contributed by atoms with van der Waals surface area (Å²) in [4.78, 5) is 14.6. The molecule has 0 fully saturated rings. The Morgan fingerprint density at radius 3 is 2.12 bits per heavy atom. The van der Waals surface area contributed by atoms with Crippen molar-refractivity contribution in [3.05, 3.63) is 65.7 Å². The molecular weight excluding hydrogens is 308 g/mol. The van der Waals surface area contributed by atoms with Crippen molar-refractivity contribution >= 4 is 11.6 Å². The Morgan fingerprint density at radius 2 is 1.60 bits per heavy atom. The van der Waals surface area contributed by atoms with Gasteiger partial charge in [-0.2, -0.15) is 0 Å². The Hall–Kier alpha value is -2.13. The van der Waals surface area contributed by atoms with Crippen LogP contribution in [-0.2, 0) is 16.8 Å². The third-order valence-electron chi connectivity index (χ3n) is 4.34. The molecule has 2 rings (SSSR count). The average Bonchev–Trinajstić information content (AvgIpc) is 2.54. The quantitative estimate of drug-likeness (QED) is 0.818. The number of carbonyl (C=O) groups is 1. The smallest absolute Gasteiger partial charge is 0.238 e. The lowest BCUT2D eigenvalue weighted by molar-refractivity contribution is -0.117. The van der Waals surface area contributed by atoms with Gasteiger partial charge >= 0.3 is 0 Å². The molecular formula is C22H30N2O. The minimum Gasteiger partial charge on any atom is -0.325 e. The second-order valence-corrected chi connectivity index (χ2v) is 7.86. The zero-order valence-corrected chi connectivity index (χ0v) is 16.0. The van der Waals surface area contributed by atoms with Crippen LogP contribution in [0.5, 0.6) is 0 Å². The molecule has 0 aliphatic rings. The van der Waals surface area contributed by atoms with Gasteiger partial charge in [0.2, 0.25) is 5.91 Å². The largest absolute Gasteiger partial charge is 0.325 e. The molecule has 3 heteroatoms. The maximum Gasteiger partial charge on any atom is 0.238 e. The van der Waals surface area contributed by atoms with E-state index in [0.29, 0.717) is 12.6 Å². The van der Waals surface area contributed by atoms with E-state index >= 15 is 0 Å². The zero-order valence-electron chi connectivity index (χ0n) is 16.0. The van der Waals surface area contributed by atoms with Crippen molar-refractivity contribution in [3.8, 4) is 0 Å². The molecule has 134 valence electrons. The molecule has 0 aliphatic carbocycles. The average molecular weight is 338 g/mol. The van der Waals surface area contributed by atoms with Crippen molar-refractivity contribution in [2.45, 2.75) is 52.6 Å². The molecule has 25 heavy (non-hydrogen) atoms. The summed E-state index contributed by atoms with van der Waals surface area (Å²) in [6, 6.07) is 18.7. The van der Waals surface area contributed by atoms with E-state index in [4.69, 9.17) is 0 Å². The van der Waals surface area contributed by atoms with Gasteiger partial charge in [0.15, 0.2) is 0 Å². The fourth-order valence-electron chi connectivity index (χ4n) is 2.68. The third-order valence-corrected chi connectivity index (χ3v) is 4.34. The van der Waals surface area contributed by atoms with Gasteiger partial charge < -0.3 is 5.32 Å². The lowest BCUT2D eigenvalue weighted by Crippen LogP contribution is -2.37. The molecule has 0 saturated heterocycles. The molecule has 0 saturated carbocycles. The monoisotopic (exact) mass is 338 g/mol. The maximum absolute atomic E-state index is 12.4. The fourth-order valence-corrected chi connectivity index (χ4v) is 2.68. The molecule has 0 radical (unpaired) electrons. The van der Waals surface area contributed by atoms with Crippen LogP contribution in [0.4, 0.5) is 5.69 Å². The van der Waals surface area contributed by atoms with Crippen LogP contribution in [-0.4, -0.2) is 23.4 Å². The summed E-state index contributed by atoms with van der Waals surface area (Å²) >= 11 is 0. The number of rotatable bonds is 6. The van der Waals surface area contributed by atoms with Crippen molar-refractivity contribution in [3.63, 3.8) is 0 Å². The van der Waals surface area contributed by atoms with Gasteiger partial charge in [-0.1, -0.05) is 63.2 Å². The van der Waals surface area contributed by atoms with Gasteiger partial charge in [0.05, 0.1) is 6.54 Å². The number of anilines is 1. The number of hydrogen-bond acceptors (Lipinski definition) is 2. The summed E-state index contributed by atoms with van der Waals surface area (Å²) in [6.45, 7) is 11.9. The van der Waals surface area contributed by atoms with Crippen LogP contribution in [0.1, 0.15) is 45.7 Å². The van der Waals surface area contributed by atoms with Crippen molar-refractivity contribution in [1.82, 2.24) is 4.90 Å². The SMILES string of the molecule is CC(C)N(CC(=O)Nc1ccc(C(C)(C)C)cc1)Cc1ccccc1. The molecule has 1 N–H and O–H groups in total. The third kappa shape index (κ3) is 6.02. The van der Waals surface area contributed by atoms with Gasteiger partial charge in [-0.15, -0.1) is 0 Å². The molecule has 0 aliphatic heterocycles. The Labute approximate surface area is 152 Å². The first kappa shape index (κ1) is 19.2. The van der Waals surface area contributed by atoms with E-state index in [1.807, 2.05) is 30.3 Å². The molecule has 2 aromatic carbocycles. The highest BCUT2D eigenvalue weighted by atomic mass is 16.2. The van der Waals surface area contributed by atoms with E-state index in [0.717, 1.165) is 12.2 Å². The van der Waals surface area contributed by atoms with Gasteiger partial charge in [-0.25, -0.2) is 0 Å². The molecule has 3 nitrogen and oxygen atoms in total. The number of nitrogens with zero attached hydrogens (tertiary/aromatic N) is 1. The summed E-state index contributed by atoms with van der Waals surface area (Å²) < 4.78 is 0. The zero-order chi connectivity index (χ0) is 18.4. The van der Waals surface area contributed by atoms with E-state index in [2.05, 4.69) is 69.1 Å². The van der Waals surface area contributed by atoms with Crippen LogP contribution in [0.25, 0.3) is 0 Å². The summed E-state index contributed by atoms with van der Waals surface area (Å²) in [5.41, 5.74) is 3.45. The minimum atomic E-state index is 0.0214. The van der Waals surface area contributed by atoms with Crippen molar-refractivity contribution in [1.29, 1.82) is 0 Å². The Bertz CT molecular complexity index is 669. The first-order valence-electron chi connectivity index (χ1n) is 8.94. The number of nitrogens with one attached hydrogen (secondary N) is 1. The lowest BCUT2D eigenvalue weighted by Gasteiger charge is -2.26. The highest BCUT2D eigenvalue weighted by molar-refractivity contribution is 5.92. The van der Waals surface area contributed by atoms with E-state index in [1.165, 1.54) is 11.1 Å². The van der Waals surface area contributed by atoms with Crippen molar-refractivity contribution in [2.24, 2.45) is 0 Å². The topological polar surface area (TPSA) is 32.3 Å². The summed E-state index contributed by atoms with van der Waals surface area (Å²) in [5.74, 6) is 0.0214. The highest BCUT2D eigenvalue weighted by Crippen LogP contribution is 2.23. The minimum absolute atomic E-state index is 0.0214. The van der Waals surface area contributed by atoms with Crippen LogP contribution in [0.3, 0.4) is 0 Å². The molecule has 0 spiro atoms. The summed E-state index contributed by atoms with van der Waals surface area (Å²) in [6.07, 6.45) is 0. The Kier molecular flexibility index (Phi) is 6.38. The van der Waals surface area contributed by atoms with Gasteiger partial charge in [-0.05, 0) is 42.5 Å². The van der Waals surface area contributed by atoms with E-state index in [1.54, 1.807) is 0 Å². The summed E-state index contributed by atoms with van der Waals surface area (Å²) in [7, 11) is 0. The summed E-state index contributed by atoms with van der Waals surface area (Å²) in [5, 5.41) is 3.01. The number of amides is 1. The second-order valence-electron chi connectivity index (χ2n) is 7.86. The predicted molar refractivity (Wildman–Crippen MR) is 106 cm³/mol. The van der Waals surface area contributed by atoms with Crippen LogP contribution in [0.15, 0.2) is 54.6 Å². The first-order valence-corrected chi connectivity index (χ1v) is 8.94. The van der Waals surface area contributed by atoms with E-state index < -0.39 is 0 Å². The van der Waals surface area contributed by atoms with Gasteiger partial charge in [0.1, 0.15) is 0 Å². The molecule has 2 aromatic rings. The van der Waals surface area contributed by atoms with E-state index in [-0.39, 0.29) is 11.3 Å². The predicted octanol–water partition coefficient (Wildman–Crippen LogP) is 4.83. The molecule has 0 aromatic heterocycles. The Morgan fingerprint density at radius 1 is 1.00 bits per heavy atom. The molecule has 1 amide bonds. The van der Waals surface area contributed by atoms with Crippen molar-refractivity contribution < 1.29 is 4.79 Å². The van der Waals surface area contributed by atoms with E-state index in [9.17, 15) is 4.79 Å². The van der Waals surface area contributed by atoms with Crippen LogP contribution < -0.4 is 5.32 Å². The number of carbonyl (C=O) groups excluding carboxylic acids is 1. The van der Waals surface area contributed by atoms with Crippen LogP contribution in [0.2, 0.25) is 0 Å². The first-order chi connectivity index (χ1) is 11.8. The molecule has 0 bridgehead atoms.